The van der Waals surface area contributed by atoms with E-state index in [-0.39, 0.29) is 42.2 Å². The van der Waals surface area contributed by atoms with Gasteiger partial charge in [-0.1, -0.05) is 18.2 Å². The van der Waals surface area contributed by atoms with Gasteiger partial charge < -0.3 is 10.4 Å². The number of rotatable bonds is 4. The number of amides is 1. The number of carbonyl (C=O) groups is 1. The molecule has 3 aliphatic carbocycles. The zero-order valence-corrected chi connectivity index (χ0v) is 16.4. The zero-order chi connectivity index (χ0) is 22.8. The van der Waals surface area contributed by atoms with Crippen molar-refractivity contribution < 1.29 is 40.6 Å². The van der Waals surface area contributed by atoms with Gasteiger partial charge in [-0.3, -0.25) is 4.79 Å². The summed E-state index contributed by atoms with van der Waals surface area (Å²) in [4.78, 5) is 12.6. The Morgan fingerprint density at radius 1 is 1.03 bits per heavy atom. The molecule has 31 heavy (non-hydrogen) atoms. The highest BCUT2D eigenvalue weighted by atomic mass is 19.4. The third kappa shape index (κ3) is 3.70. The van der Waals surface area contributed by atoms with Crippen LogP contribution in [0.2, 0.25) is 0 Å². The van der Waals surface area contributed by atoms with Crippen LogP contribution in [0.5, 0.6) is 0 Å². The lowest BCUT2D eigenvalue weighted by atomic mass is 9.73. The van der Waals surface area contributed by atoms with Crippen LogP contribution in [0, 0.1) is 11.8 Å². The Morgan fingerprint density at radius 2 is 1.68 bits per heavy atom. The molecule has 0 radical (unpaired) electrons. The molecule has 3 atom stereocenters. The van der Waals surface area contributed by atoms with Gasteiger partial charge in [-0.25, -0.2) is 4.39 Å². The monoisotopic (exact) mass is 453 g/mol. The molecule has 2 saturated carbocycles. The van der Waals surface area contributed by atoms with E-state index in [1.807, 2.05) is 0 Å². The maximum absolute atomic E-state index is 14.4. The lowest BCUT2D eigenvalue weighted by Crippen LogP contribution is -2.50. The highest BCUT2D eigenvalue weighted by Gasteiger charge is 2.73. The molecular formula is C21H22F7NO2. The van der Waals surface area contributed by atoms with Crippen LogP contribution in [0.25, 0.3) is 0 Å². The molecule has 1 amide bonds. The maximum Gasteiger partial charge on any atom is 0.435 e. The van der Waals surface area contributed by atoms with Gasteiger partial charge in [0, 0.05) is 18.0 Å². The number of carbonyl (C=O) groups excluding carboxylic acids is 1. The van der Waals surface area contributed by atoms with E-state index in [1.165, 1.54) is 0 Å². The summed E-state index contributed by atoms with van der Waals surface area (Å²) in [6, 6.07) is 2.40. The van der Waals surface area contributed by atoms with Gasteiger partial charge in [-0.2, -0.15) is 26.3 Å². The van der Waals surface area contributed by atoms with Gasteiger partial charge in [0.15, 0.2) is 0 Å². The van der Waals surface area contributed by atoms with E-state index in [0.717, 1.165) is 6.07 Å². The molecule has 0 unspecified atom stereocenters. The van der Waals surface area contributed by atoms with Gasteiger partial charge in [-0.15, -0.1) is 0 Å². The number of hydrogen-bond acceptors (Lipinski definition) is 2. The molecule has 10 heteroatoms. The third-order valence-electron chi connectivity index (χ3n) is 7.05. The number of nitrogens with one attached hydrogen (secondary N) is 1. The summed E-state index contributed by atoms with van der Waals surface area (Å²) in [6.07, 6.45) is -9.32. The van der Waals surface area contributed by atoms with Gasteiger partial charge in [0.25, 0.3) is 0 Å². The predicted molar refractivity (Wildman–Crippen MR) is 95.8 cm³/mol. The Morgan fingerprint density at radius 3 is 2.26 bits per heavy atom. The molecule has 0 saturated heterocycles. The Balaban J connectivity index is 1.56. The fourth-order valence-corrected chi connectivity index (χ4v) is 5.09. The summed E-state index contributed by atoms with van der Waals surface area (Å²) in [6.45, 7) is 0.174. The van der Waals surface area contributed by atoms with Crippen LogP contribution in [-0.2, 0) is 16.9 Å². The number of halogens is 7. The van der Waals surface area contributed by atoms with Crippen molar-refractivity contribution in [2.24, 2.45) is 11.8 Å². The van der Waals surface area contributed by atoms with E-state index >= 15 is 0 Å². The van der Waals surface area contributed by atoms with E-state index in [4.69, 9.17) is 0 Å². The Labute approximate surface area is 174 Å². The second kappa shape index (κ2) is 7.08. The van der Waals surface area contributed by atoms with E-state index in [1.54, 1.807) is 0 Å². The first kappa shape index (κ1) is 22.4. The smallest absolute Gasteiger partial charge is 0.388 e. The number of hydrogen-bond donors (Lipinski definition) is 2. The van der Waals surface area contributed by atoms with Crippen molar-refractivity contribution in [1.29, 1.82) is 0 Å². The first-order valence-electron chi connectivity index (χ1n) is 10.2. The van der Waals surface area contributed by atoms with Crippen molar-refractivity contribution in [2.75, 3.05) is 6.54 Å². The van der Waals surface area contributed by atoms with Gasteiger partial charge in [-0.05, 0) is 61.5 Å². The molecule has 3 aliphatic rings. The second-order valence-corrected chi connectivity index (χ2v) is 9.00. The fraction of sp³-hybridized carbons (Fsp3) is 0.667. The normalized spacial score (nSPS) is 27.4. The summed E-state index contributed by atoms with van der Waals surface area (Å²) in [5.74, 6) is -0.786. The van der Waals surface area contributed by atoms with Crippen molar-refractivity contribution in [3.8, 4) is 0 Å². The number of aliphatic hydroxyl groups is 1. The molecule has 0 aliphatic heterocycles. The van der Waals surface area contributed by atoms with Crippen molar-refractivity contribution >= 4 is 5.91 Å². The van der Waals surface area contributed by atoms with Gasteiger partial charge in [0.2, 0.25) is 5.91 Å². The molecule has 0 aromatic heterocycles. The summed E-state index contributed by atoms with van der Waals surface area (Å²) in [7, 11) is 0. The Hall–Kier alpha value is -1.84. The van der Waals surface area contributed by atoms with Crippen LogP contribution >= 0.6 is 0 Å². The lowest BCUT2D eigenvalue weighted by molar-refractivity contribution is -0.348. The fourth-order valence-electron chi connectivity index (χ4n) is 5.09. The molecular weight excluding hydrogens is 431 g/mol. The molecule has 2 fully saturated rings. The molecule has 1 aromatic carbocycles. The second-order valence-electron chi connectivity index (χ2n) is 9.00. The van der Waals surface area contributed by atoms with Crippen molar-refractivity contribution in [3.63, 3.8) is 0 Å². The standard InChI is InChI=1S/C21H22F7NO2/c22-19(20(23,24)25,21(26,27)28)12-2-4-13-11(9-12)1-3-15-14(13)5-6-16(15)17(30)29-10-18(31)7-8-18/h2,4,9,14-16,31H,1,3,5-8,10H2,(H,29,30)/t14-,15+,16+/m0/s1. The molecule has 2 N–H and O–H groups in total. The first-order chi connectivity index (χ1) is 14.3. The molecule has 0 spiro atoms. The SMILES string of the molecule is O=C(NCC1(O)CC1)[C@@H]1CC[C@H]2c3ccc(C(F)(C(F)(F)F)C(F)(F)F)cc3CC[C@@H]12. The third-order valence-corrected chi connectivity index (χ3v) is 7.05. The molecule has 0 bridgehead atoms. The Bertz CT molecular complexity index is 861. The van der Waals surface area contributed by atoms with Crippen molar-refractivity contribution in [3.05, 3.63) is 34.9 Å². The van der Waals surface area contributed by atoms with Gasteiger partial charge >= 0.3 is 18.0 Å². The van der Waals surface area contributed by atoms with Crippen LogP contribution in [-0.4, -0.2) is 35.5 Å². The molecule has 3 nitrogen and oxygen atoms in total. The largest absolute Gasteiger partial charge is 0.435 e. The van der Waals surface area contributed by atoms with E-state index in [2.05, 4.69) is 5.32 Å². The minimum Gasteiger partial charge on any atom is -0.388 e. The van der Waals surface area contributed by atoms with E-state index in [0.29, 0.717) is 49.8 Å². The predicted octanol–water partition coefficient (Wildman–Crippen LogP) is 4.67. The average Bonchev–Trinajstić information content (AvgIpc) is 3.25. The lowest BCUT2D eigenvalue weighted by Gasteiger charge is -2.34. The Kier molecular flexibility index (Phi) is 5.11. The highest BCUT2D eigenvalue weighted by molar-refractivity contribution is 5.79. The average molecular weight is 453 g/mol. The molecule has 0 heterocycles. The van der Waals surface area contributed by atoms with Crippen molar-refractivity contribution in [1.82, 2.24) is 5.32 Å². The number of fused-ring (bicyclic) bond motifs is 3. The highest BCUT2D eigenvalue weighted by Crippen LogP contribution is 2.55. The number of alkyl halides is 7. The molecule has 172 valence electrons. The number of aryl methyl sites for hydroxylation is 1. The van der Waals surface area contributed by atoms with Crippen LogP contribution in [0.1, 0.15) is 54.7 Å². The topological polar surface area (TPSA) is 49.3 Å². The minimum absolute atomic E-state index is 0.0902. The van der Waals surface area contributed by atoms with E-state index in [9.17, 15) is 40.6 Å². The number of benzene rings is 1. The van der Waals surface area contributed by atoms with Gasteiger partial charge in [0.05, 0.1) is 5.60 Å². The minimum atomic E-state index is -6.14. The molecule has 1 aromatic rings. The zero-order valence-electron chi connectivity index (χ0n) is 16.4. The molecule has 4 rings (SSSR count). The van der Waals surface area contributed by atoms with Crippen molar-refractivity contribution in [2.45, 2.75) is 68.1 Å². The van der Waals surface area contributed by atoms with Crippen LogP contribution < -0.4 is 5.32 Å². The summed E-state index contributed by atoms with van der Waals surface area (Å²) < 4.78 is 92.9. The van der Waals surface area contributed by atoms with Crippen LogP contribution in [0.4, 0.5) is 30.7 Å². The van der Waals surface area contributed by atoms with E-state index < -0.39 is 29.2 Å². The maximum atomic E-state index is 14.4. The summed E-state index contributed by atoms with van der Waals surface area (Å²) in [5.41, 5.74) is -6.88. The first-order valence-corrected chi connectivity index (χ1v) is 10.2. The van der Waals surface area contributed by atoms with Gasteiger partial charge in [0.1, 0.15) is 0 Å². The van der Waals surface area contributed by atoms with Crippen LogP contribution in [0.15, 0.2) is 18.2 Å². The summed E-state index contributed by atoms with van der Waals surface area (Å²) >= 11 is 0. The summed E-state index contributed by atoms with van der Waals surface area (Å²) in [5, 5.41) is 12.6. The van der Waals surface area contributed by atoms with Crippen LogP contribution in [0.3, 0.4) is 0 Å². The quantitative estimate of drug-likeness (QED) is 0.651.